The van der Waals surface area contributed by atoms with Gasteiger partial charge >= 0.3 is 0 Å². The predicted octanol–water partition coefficient (Wildman–Crippen LogP) is 2.00. The van der Waals surface area contributed by atoms with Crippen LogP contribution in [0.2, 0.25) is 0 Å². The van der Waals surface area contributed by atoms with Crippen molar-refractivity contribution >= 4 is 11.8 Å². The van der Waals surface area contributed by atoms with Crippen LogP contribution in [0.25, 0.3) is 0 Å². The summed E-state index contributed by atoms with van der Waals surface area (Å²) in [6.45, 7) is 4.94. The molecule has 0 fully saturated rings. The molecular formula is C15H17NO3. The van der Waals surface area contributed by atoms with Gasteiger partial charge in [0, 0.05) is 18.7 Å². The summed E-state index contributed by atoms with van der Waals surface area (Å²) >= 11 is 0. The molecule has 19 heavy (non-hydrogen) atoms. The number of rotatable bonds is 5. The fourth-order valence-electron chi connectivity index (χ4n) is 1.94. The van der Waals surface area contributed by atoms with Gasteiger partial charge < -0.3 is 4.74 Å². The number of amides is 2. The number of hydrogen-bond acceptors (Lipinski definition) is 3. The molecule has 2 amide bonds. The number of hydrogen-bond donors (Lipinski definition) is 0. The first-order chi connectivity index (χ1) is 9.09. The molecule has 0 saturated heterocycles. The second kappa shape index (κ2) is 5.69. The molecule has 0 atom stereocenters. The third-order valence-corrected chi connectivity index (χ3v) is 3.24. The van der Waals surface area contributed by atoms with E-state index < -0.39 is 0 Å². The Kier molecular flexibility index (Phi) is 4.00. The SMILES string of the molecule is Cc1cccc(OCCCN2C(=O)C=CC2=O)c1C. The molecule has 0 saturated carbocycles. The van der Waals surface area contributed by atoms with Gasteiger partial charge in [-0.15, -0.1) is 0 Å². The van der Waals surface area contributed by atoms with E-state index in [4.69, 9.17) is 4.74 Å². The number of imide groups is 1. The number of ether oxygens (including phenoxy) is 1. The first-order valence-electron chi connectivity index (χ1n) is 6.32. The average molecular weight is 259 g/mol. The van der Waals surface area contributed by atoms with Crippen molar-refractivity contribution in [1.29, 1.82) is 0 Å². The summed E-state index contributed by atoms with van der Waals surface area (Å²) in [5, 5.41) is 0. The van der Waals surface area contributed by atoms with Gasteiger partial charge in [0.25, 0.3) is 11.8 Å². The van der Waals surface area contributed by atoms with Crippen LogP contribution in [0.1, 0.15) is 17.5 Å². The highest BCUT2D eigenvalue weighted by molar-refractivity contribution is 6.12. The minimum atomic E-state index is -0.239. The van der Waals surface area contributed by atoms with Crippen LogP contribution in [0.5, 0.6) is 5.75 Å². The zero-order valence-electron chi connectivity index (χ0n) is 11.2. The summed E-state index contributed by atoms with van der Waals surface area (Å²) in [4.78, 5) is 23.9. The third kappa shape index (κ3) is 3.02. The van der Waals surface area contributed by atoms with Crippen LogP contribution >= 0.6 is 0 Å². The predicted molar refractivity (Wildman–Crippen MR) is 71.9 cm³/mol. The van der Waals surface area contributed by atoms with Crippen molar-refractivity contribution in [2.75, 3.05) is 13.2 Å². The molecule has 1 aromatic carbocycles. The van der Waals surface area contributed by atoms with E-state index in [0.29, 0.717) is 19.6 Å². The lowest BCUT2D eigenvalue weighted by molar-refractivity contribution is -0.136. The van der Waals surface area contributed by atoms with E-state index in [9.17, 15) is 9.59 Å². The van der Waals surface area contributed by atoms with Crippen molar-refractivity contribution in [3.8, 4) is 5.75 Å². The molecule has 100 valence electrons. The summed E-state index contributed by atoms with van der Waals surface area (Å²) in [5.74, 6) is 0.380. The maximum atomic E-state index is 11.3. The first kappa shape index (κ1) is 13.3. The second-order valence-corrected chi connectivity index (χ2v) is 4.56. The minimum Gasteiger partial charge on any atom is -0.493 e. The van der Waals surface area contributed by atoms with Gasteiger partial charge in [0.05, 0.1) is 6.61 Å². The third-order valence-electron chi connectivity index (χ3n) is 3.24. The lowest BCUT2D eigenvalue weighted by Crippen LogP contribution is -2.31. The van der Waals surface area contributed by atoms with Gasteiger partial charge in [-0.25, -0.2) is 0 Å². The molecule has 4 heteroatoms. The van der Waals surface area contributed by atoms with E-state index in [2.05, 4.69) is 0 Å². The van der Waals surface area contributed by atoms with Crippen LogP contribution in [0.15, 0.2) is 30.4 Å². The van der Waals surface area contributed by atoms with Crippen molar-refractivity contribution in [2.45, 2.75) is 20.3 Å². The van der Waals surface area contributed by atoms with Crippen LogP contribution in [-0.2, 0) is 9.59 Å². The van der Waals surface area contributed by atoms with Gasteiger partial charge in [-0.3, -0.25) is 14.5 Å². The number of aryl methyl sites for hydroxylation is 1. The zero-order chi connectivity index (χ0) is 13.8. The summed E-state index contributed by atoms with van der Waals surface area (Å²) in [5.41, 5.74) is 2.31. The summed E-state index contributed by atoms with van der Waals surface area (Å²) in [6, 6.07) is 5.92. The van der Waals surface area contributed by atoms with Gasteiger partial charge in [0.15, 0.2) is 0 Å². The molecule has 1 aliphatic heterocycles. The maximum Gasteiger partial charge on any atom is 0.253 e. The summed E-state index contributed by atoms with van der Waals surface area (Å²) in [6.07, 6.45) is 3.23. The van der Waals surface area contributed by atoms with E-state index in [1.54, 1.807) is 0 Å². The first-order valence-corrected chi connectivity index (χ1v) is 6.32. The molecule has 0 bridgehead atoms. The Bertz CT molecular complexity index is 516. The molecule has 1 aliphatic rings. The fraction of sp³-hybridized carbons (Fsp3) is 0.333. The molecule has 4 nitrogen and oxygen atoms in total. The summed E-state index contributed by atoms with van der Waals surface area (Å²) in [7, 11) is 0. The van der Waals surface area contributed by atoms with Crippen LogP contribution in [0, 0.1) is 13.8 Å². The van der Waals surface area contributed by atoms with E-state index in [0.717, 1.165) is 11.3 Å². The molecule has 0 N–H and O–H groups in total. The summed E-state index contributed by atoms with van der Waals surface area (Å²) < 4.78 is 5.68. The van der Waals surface area contributed by atoms with E-state index in [1.165, 1.54) is 22.6 Å². The van der Waals surface area contributed by atoms with Crippen molar-refractivity contribution in [1.82, 2.24) is 4.90 Å². The topological polar surface area (TPSA) is 46.6 Å². The van der Waals surface area contributed by atoms with Crippen LogP contribution in [-0.4, -0.2) is 29.9 Å². The minimum absolute atomic E-state index is 0.239. The Balaban J connectivity index is 1.80. The molecule has 0 radical (unpaired) electrons. The van der Waals surface area contributed by atoms with E-state index >= 15 is 0 Å². The largest absolute Gasteiger partial charge is 0.493 e. The van der Waals surface area contributed by atoms with Crippen LogP contribution in [0.4, 0.5) is 0 Å². The Hall–Kier alpha value is -2.10. The monoisotopic (exact) mass is 259 g/mol. The molecule has 2 rings (SSSR count). The van der Waals surface area contributed by atoms with Gasteiger partial charge in [0.2, 0.25) is 0 Å². The Morgan fingerprint density at radius 1 is 1.11 bits per heavy atom. The zero-order valence-corrected chi connectivity index (χ0v) is 11.2. The molecule has 0 spiro atoms. The highest BCUT2D eigenvalue weighted by Crippen LogP contribution is 2.20. The molecular weight excluding hydrogens is 242 g/mol. The van der Waals surface area contributed by atoms with Gasteiger partial charge in [-0.2, -0.15) is 0 Å². The Labute approximate surface area is 112 Å². The highest BCUT2D eigenvalue weighted by Gasteiger charge is 2.22. The van der Waals surface area contributed by atoms with Crippen LogP contribution in [0.3, 0.4) is 0 Å². The Morgan fingerprint density at radius 2 is 1.79 bits per heavy atom. The van der Waals surface area contributed by atoms with Gasteiger partial charge in [0.1, 0.15) is 5.75 Å². The van der Waals surface area contributed by atoms with Crippen LogP contribution < -0.4 is 4.74 Å². The van der Waals surface area contributed by atoms with E-state index in [-0.39, 0.29) is 11.8 Å². The lowest BCUT2D eigenvalue weighted by atomic mass is 10.1. The number of carbonyl (C=O) groups is 2. The van der Waals surface area contributed by atoms with Gasteiger partial charge in [-0.1, -0.05) is 12.1 Å². The smallest absolute Gasteiger partial charge is 0.253 e. The number of benzene rings is 1. The van der Waals surface area contributed by atoms with Crippen molar-refractivity contribution in [3.05, 3.63) is 41.5 Å². The molecule has 0 unspecified atom stereocenters. The number of nitrogens with zero attached hydrogens (tertiary/aromatic N) is 1. The van der Waals surface area contributed by atoms with Gasteiger partial charge in [-0.05, 0) is 37.5 Å². The van der Waals surface area contributed by atoms with E-state index in [1.807, 2.05) is 32.0 Å². The number of carbonyl (C=O) groups excluding carboxylic acids is 2. The quantitative estimate of drug-likeness (QED) is 0.600. The van der Waals surface area contributed by atoms with Crippen molar-refractivity contribution < 1.29 is 14.3 Å². The highest BCUT2D eigenvalue weighted by atomic mass is 16.5. The van der Waals surface area contributed by atoms with Crippen molar-refractivity contribution in [2.24, 2.45) is 0 Å². The van der Waals surface area contributed by atoms with Crippen molar-refractivity contribution in [3.63, 3.8) is 0 Å². The molecule has 1 heterocycles. The standard InChI is InChI=1S/C15H17NO3/c1-11-5-3-6-13(12(11)2)19-10-4-9-16-14(17)7-8-15(16)18/h3,5-8H,4,9-10H2,1-2H3. The normalized spacial score (nSPS) is 14.3. The maximum absolute atomic E-state index is 11.3. The molecule has 0 aromatic heterocycles. The fourth-order valence-corrected chi connectivity index (χ4v) is 1.94. The average Bonchev–Trinajstić information content (AvgIpc) is 2.70. The molecule has 0 aliphatic carbocycles. The lowest BCUT2D eigenvalue weighted by Gasteiger charge is -2.14. The Morgan fingerprint density at radius 3 is 2.47 bits per heavy atom. The second-order valence-electron chi connectivity index (χ2n) is 4.56. The molecule has 1 aromatic rings.